The summed E-state index contributed by atoms with van der Waals surface area (Å²) in [5, 5.41) is 14.6. The first kappa shape index (κ1) is 16.2. The first-order chi connectivity index (χ1) is 11.5. The van der Waals surface area contributed by atoms with Gasteiger partial charge in [0.25, 0.3) is 5.91 Å². The van der Waals surface area contributed by atoms with Gasteiger partial charge >= 0.3 is 0 Å². The van der Waals surface area contributed by atoms with Crippen molar-refractivity contribution in [2.75, 3.05) is 11.9 Å². The van der Waals surface area contributed by atoms with Gasteiger partial charge in [-0.3, -0.25) is 4.79 Å². The number of anilines is 1. The number of aryl methyl sites for hydroxylation is 4. The summed E-state index contributed by atoms with van der Waals surface area (Å²) in [5.41, 5.74) is 6.14. The van der Waals surface area contributed by atoms with E-state index in [4.69, 9.17) is 9.47 Å². The molecule has 1 aliphatic rings. The zero-order valence-electron chi connectivity index (χ0n) is 14.0. The van der Waals surface area contributed by atoms with Crippen molar-refractivity contribution in [1.82, 2.24) is 10.3 Å². The SMILES string of the molecule is Cc1cc(C)c(NC(=O)CO/N=C2\CCCc3nonc32)c(C)c1. The molecule has 2 aromatic rings. The number of hydrogen-bond donors (Lipinski definition) is 1. The average molecular weight is 328 g/mol. The van der Waals surface area contributed by atoms with E-state index in [1.165, 1.54) is 5.56 Å². The molecule has 0 fully saturated rings. The molecule has 0 spiro atoms. The van der Waals surface area contributed by atoms with E-state index in [-0.39, 0.29) is 12.5 Å². The summed E-state index contributed by atoms with van der Waals surface area (Å²) < 4.78 is 4.72. The molecule has 0 aliphatic heterocycles. The summed E-state index contributed by atoms with van der Waals surface area (Å²) in [4.78, 5) is 17.3. The minimum absolute atomic E-state index is 0.156. The smallest absolute Gasteiger partial charge is 0.265 e. The van der Waals surface area contributed by atoms with E-state index < -0.39 is 0 Å². The Kier molecular flexibility index (Phi) is 4.59. The van der Waals surface area contributed by atoms with Gasteiger partial charge in [-0.2, -0.15) is 0 Å². The lowest BCUT2D eigenvalue weighted by atomic mass is 9.99. The summed E-state index contributed by atoms with van der Waals surface area (Å²) >= 11 is 0. The topological polar surface area (TPSA) is 89.6 Å². The van der Waals surface area contributed by atoms with Crippen molar-refractivity contribution in [2.24, 2.45) is 5.16 Å². The number of nitrogens with one attached hydrogen (secondary N) is 1. The summed E-state index contributed by atoms with van der Waals surface area (Å²) in [7, 11) is 0. The van der Waals surface area contributed by atoms with Gasteiger partial charge < -0.3 is 10.2 Å². The van der Waals surface area contributed by atoms with E-state index in [2.05, 4.69) is 20.8 Å². The Hall–Kier alpha value is -2.70. The van der Waals surface area contributed by atoms with Gasteiger partial charge in [0, 0.05) is 5.69 Å². The molecule has 7 heteroatoms. The Morgan fingerprint density at radius 1 is 1.25 bits per heavy atom. The molecule has 1 heterocycles. The Morgan fingerprint density at radius 3 is 2.75 bits per heavy atom. The van der Waals surface area contributed by atoms with Gasteiger partial charge in [0.2, 0.25) is 0 Å². The third-order valence-corrected chi connectivity index (χ3v) is 3.97. The molecule has 7 nitrogen and oxygen atoms in total. The highest BCUT2D eigenvalue weighted by molar-refractivity contribution is 6.00. The molecule has 126 valence electrons. The van der Waals surface area contributed by atoms with Crippen molar-refractivity contribution in [1.29, 1.82) is 0 Å². The van der Waals surface area contributed by atoms with Crippen LogP contribution in [0.1, 0.15) is 40.9 Å². The van der Waals surface area contributed by atoms with Crippen molar-refractivity contribution >= 4 is 17.3 Å². The lowest BCUT2D eigenvalue weighted by molar-refractivity contribution is -0.120. The van der Waals surface area contributed by atoms with Crippen molar-refractivity contribution in [3.63, 3.8) is 0 Å². The van der Waals surface area contributed by atoms with Crippen LogP contribution in [-0.2, 0) is 16.1 Å². The van der Waals surface area contributed by atoms with E-state index in [9.17, 15) is 4.79 Å². The van der Waals surface area contributed by atoms with Crippen LogP contribution in [0.4, 0.5) is 5.69 Å². The molecule has 0 unspecified atom stereocenters. The molecular formula is C17H20N4O3. The van der Waals surface area contributed by atoms with E-state index in [1.54, 1.807) is 0 Å². The van der Waals surface area contributed by atoms with Gasteiger partial charge in [-0.15, -0.1) is 0 Å². The highest BCUT2D eigenvalue weighted by atomic mass is 16.6. The van der Waals surface area contributed by atoms with E-state index in [0.717, 1.165) is 41.8 Å². The molecular weight excluding hydrogens is 308 g/mol. The van der Waals surface area contributed by atoms with Crippen LogP contribution < -0.4 is 5.32 Å². The molecule has 1 N–H and O–H groups in total. The molecule has 0 atom stereocenters. The molecule has 0 radical (unpaired) electrons. The number of fused-ring (bicyclic) bond motifs is 1. The molecule has 1 aromatic carbocycles. The van der Waals surface area contributed by atoms with Crippen LogP contribution in [-0.4, -0.2) is 28.5 Å². The summed E-state index contributed by atoms with van der Waals surface area (Å²) in [6.45, 7) is 5.81. The summed E-state index contributed by atoms with van der Waals surface area (Å²) in [6.07, 6.45) is 2.47. The Morgan fingerprint density at radius 2 is 2.00 bits per heavy atom. The molecule has 0 bridgehead atoms. The molecule has 1 aromatic heterocycles. The normalized spacial score (nSPS) is 15.2. The van der Waals surface area contributed by atoms with Gasteiger partial charge in [-0.25, -0.2) is 4.63 Å². The van der Waals surface area contributed by atoms with Gasteiger partial charge in [0.1, 0.15) is 11.4 Å². The second-order valence-electron chi connectivity index (χ2n) is 6.05. The Labute approximate surface area is 140 Å². The lowest BCUT2D eigenvalue weighted by Gasteiger charge is -2.13. The molecule has 1 amide bonds. The average Bonchev–Trinajstić information content (AvgIpc) is 3.00. The van der Waals surface area contributed by atoms with Crippen molar-refractivity contribution in [2.45, 2.75) is 40.0 Å². The van der Waals surface area contributed by atoms with Gasteiger partial charge in [0.05, 0.1) is 0 Å². The minimum atomic E-state index is -0.247. The van der Waals surface area contributed by atoms with E-state index in [1.807, 2.05) is 32.9 Å². The zero-order chi connectivity index (χ0) is 17.1. The quantitative estimate of drug-likeness (QED) is 0.872. The number of carbonyl (C=O) groups excluding carboxylic acids is 1. The van der Waals surface area contributed by atoms with Crippen molar-refractivity contribution < 1.29 is 14.3 Å². The third kappa shape index (κ3) is 3.45. The second-order valence-corrected chi connectivity index (χ2v) is 6.05. The van der Waals surface area contributed by atoms with Crippen molar-refractivity contribution in [3.8, 4) is 0 Å². The molecule has 1 aliphatic carbocycles. The summed E-state index contributed by atoms with van der Waals surface area (Å²) in [6, 6.07) is 4.07. The molecule has 24 heavy (non-hydrogen) atoms. The largest absolute Gasteiger partial charge is 0.385 e. The summed E-state index contributed by atoms with van der Waals surface area (Å²) in [5.74, 6) is -0.247. The van der Waals surface area contributed by atoms with Crippen molar-refractivity contribution in [3.05, 3.63) is 40.2 Å². The number of amides is 1. The fourth-order valence-electron chi connectivity index (χ4n) is 2.94. The predicted octanol–water partition coefficient (Wildman–Crippen LogP) is 2.69. The Balaban J connectivity index is 1.61. The van der Waals surface area contributed by atoms with Crippen LogP contribution >= 0.6 is 0 Å². The number of oxime groups is 1. The van der Waals surface area contributed by atoms with Crippen LogP contribution in [0.2, 0.25) is 0 Å². The maximum absolute atomic E-state index is 12.1. The first-order valence-corrected chi connectivity index (χ1v) is 7.93. The monoisotopic (exact) mass is 328 g/mol. The number of carbonyl (C=O) groups is 1. The lowest BCUT2D eigenvalue weighted by Crippen LogP contribution is -2.19. The van der Waals surface area contributed by atoms with Crippen LogP contribution in [0.25, 0.3) is 0 Å². The third-order valence-electron chi connectivity index (χ3n) is 3.97. The molecule has 0 saturated heterocycles. The first-order valence-electron chi connectivity index (χ1n) is 7.93. The maximum atomic E-state index is 12.1. The Bertz CT molecular complexity index is 772. The standard InChI is InChI=1S/C17H20N4O3/c1-10-7-11(2)16(12(3)8-10)18-15(22)9-23-19-13-5-4-6-14-17(13)21-24-20-14/h7-8H,4-6,9H2,1-3H3,(H,18,22)/b19-13+. The zero-order valence-corrected chi connectivity index (χ0v) is 14.0. The number of hydrogen-bond acceptors (Lipinski definition) is 6. The number of aromatic nitrogens is 2. The maximum Gasteiger partial charge on any atom is 0.265 e. The van der Waals surface area contributed by atoms with Crippen LogP contribution in [0, 0.1) is 20.8 Å². The molecule has 3 rings (SSSR count). The minimum Gasteiger partial charge on any atom is -0.385 e. The van der Waals surface area contributed by atoms with Crippen LogP contribution in [0.15, 0.2) is 21.9 Å². The fourth-order valence-corrected chi connectivity index (χ4v) is 2.94. The second kappa shape index (κ2) is 6.82. The van der Waals surface area contributed by atoms with E-state index in [0.29, 0.717) is 11.4 Å². The van der Waals surface area contributed by atoms with Gasteiger partial charge in [-0.05, 0) is 56.3 Å². The highest BCUT2D eigenvalue weighted by Gasteiger charge is 2.21. The number of rotatable bonds is 4. The van der Waals surface area contributed by atoms with E-state index >= 15 is 0 Å². The molecule has 0 saturated carbocycles. The van der Waals surface area contributed by atoms with Crippen LogP contribution in [0.3, 0.4) is 0 Å². The van der Waals surface area contributed by atoms with Gasteiger partial charge in [-0.1, -0.05) is 28.0 Å². The predicted molar refractivity (Wildman–Crippen MR) is 89.0 cm³/mol. The van der Waals surface area contributed by atoms with Gasteiger partial charge in [0.15, 0.2) is 12.3 Å². The number of benzene rings is 1. The fraction of sp³-hybridized carbons (Fsp3) is 0.412. The van der Waals surface area contributed by atoms with Crippen LogP contribution in [0.5, 0.6) is 0 Å². The number of nitrogens with zero attached hydrogens (tertiary/aromatic N) is 3. The highest BCUT2D eigenvalue weighted by Crippen LogP contribution is 2.22.